The lowest BCUT2D eigenvalue weighted by Crippen LogP contribution is -2.30. The third kappa shape index (κ3) is 6.11. The Kier molecular flexibility index (Phi) is 6.20. The van der Waals surface area contributed by atoms with Gasteiger partial charge in [-0.25, -0.2) is 0 Å². The topological polar surface area (TPSA) is 65.4 Å². The molecule has 0 spiro atoms. The Labute approximate surface area is 148 Å². The van der Waals surface area contributed by atoms with Crippen molar-refractivity contribution in [3.05, 3.63) is 59.7 Å². The number of benzene rings is 2. The number of hydrogen-bond donors (Lipinski definition) is 1. The fraction of sp³-hybridized carbons (Fsp3) is 0.222. The molecule has 0 fully saturated rings. The molecule has 26 heavy (non-hydrogen) atoms. The highest BCUT2D eigenvalue weighted by Gasteiger charge is 2.30. The van der Waals surface area contributed by atoms with E-state index in [4.69, 9.17) is 5.26 Å². The number of alkyl halides is 3. The molecule has 2 aromatic rings. The van der Waals surface area contributed by atoms with Crippen LogP contribution < -0.4 is 10.1 Å². The van der Waals surface area contributed by atoms with E-state index >= 15 is 0 Å². The Morgan fingerprint density at radius 2 is 1.85 bits per heavy atom. The van der Waals surface area contributed by atoms with E-state index in [0.717, 1.165) is 17.7 Å². The number of carbonyl (C=O) groups is 1. The normalized spacial score (nSPS) is 11.1. The first kappa shape index (κ1) is 19.3. The van der Waals surface area contributed by atoms with Crippen molar-refractivity contribution in [3.63, 3.8) is 0 Å². The van der Waals surface area contributed by atoms with Crippen LogP contribution in [0.1, 0.15) is 11.1 Å². The summed E-state index contributed by atoms with van der Waals surface area (Å²) in [5.74, 6) is -0.688. The maximum absolute atomic E-state index is 12.1. The molecule has 0 aliphatic rings. The van der Waals surface area contributed by atoms with Crippen LogP contribution in [0.4, 0.5) is 18.9 Å². The molecule has 2 aromatic carbocycles. The van der Waals surface area contributed by atoms with Crippen molar-refractivity contribution in [2.45, 2.75) is 12.9 Å². The van der Waals surface area contributed by atoms with Crippen molar-refractivity contribution in [2.75, 3.05) is 18.9 Å². The van der Waals surface area contributed by atoms with Gasteiger partial charge in [-0.2, -0.15) is 5.26 Å². The van der Waals surface area contributed by atoms with Gasteiger partial charge in [-0.15, -0.1) is 13.2 Å². The van der Waals surface area contributed by atoms with E-state index in [2.05, 4.69) is 16.1 Å². The second-order valence-electron chi connectivity index (χ2n) is 5.56. The number of amides is 1. The Morgan fingerprint density at radius 1 is 1.19 bits per heavy atom. The van der Waals surface area contributed by atoms with Crippen LogP contribution in [-0.2, 0) is 11.3 Å². The third-order valence-corrected chi connectivity index (χ3v) is 3.36. The number of nitrogens with one attached hydrogen (secondary N) is 1. The highest BCUT2D eigenvalue weighted by atomic mass is 19.4. The van der Waals surface area contributed by atoms with Crippen LogP contribution in [0.15, 0.2) is 48.5 Å². The van der Waals surface area contributed by atoms with Crippen molar-refractivity contribution >= 4 is 11.6 Å². The summed E-state index contributed by atoms with van der Waals surface area (Å²) < 4.78 is 40.1. The van der Waals surface area contributed by atoms with Crippen LogP contribution in [0.2, 0.25) is 0 Å². The number of nitrogens with zero attached hydrogens (tertiary/aromatic N) is 2. The van der Waals surface area contributed by atoms with Gasteiger partial charge < -0.3 is 10.1 Å². The number of carbonyl (C=O) groups excluding carboxylic acids is 1. The largest absolute Gasteiger partial charge is 0.573 e. The maximum Gasteiger partial charge on any atom is 0.573 e. The molecule has 8 heteroatoms. The molecule has 1 amide bonds. The molecule has 2 rings (SSSR count). The zero-order valence-corrected chi connectivity index (χ0v) is 13.9. The second kappa shape index (κ2) is 8.36. The van der Waals surface area contributed by atoms with Gasteiger partial charge in [0.05, 0.1) is 18.2 Å². The molecule has 0 bridgehead atoms. The molecule has 5 nitrogen and oxygen atoms in total. The molecular weight excluding hydrogens is 347 g/mol. The lowest BCUT2D eigenvalue weighted by Gasteiger charge is -2.17. The lowest BCUT2D eigenvalue weighted by atomic mass is 10.1. The van der Waals surface area contributed by atoms with Gasteiger partial charge in [0, 0.05) is 12.2 Å². The van der Waals surface area contributed by atoms with E-state index in [0.29, 0.717) is 17.8 Å². The average Bonchev–Trinajstić information content (AvgIpc) is 2.55. The lowest BCUT2D eigenvalue weighted by molar-refractivity contribution is -0.274. The monoisotopic (exact) mass is 363 g/mol. The summed E-state index contributed by atoms with van der Waals surface area (Å²) in [6.07, 6.45) is -4.76. The van der Waals surface area contributed by atoms with Crippen LogP contribution in [-0.4, -0.2) is 30.8 Å². The van der Waals surface area contributed by atoms with Crippen LogP contribution in [0.5, 0.6) is 5.75 Å². The molecule has 0 radical (unpaired) electrons. The SMILES string of the molecule is CN(CC(=O)Nc1ccc(OC(F)(F)F)cc1)Cc1ccccc1C#N. The maximum atomic E-state index is 12.1. The van der Waals surface area contributed by atoms with Gasteiger partial charge in [0.15, 0.2) is 0 Å². The number of nitriles is 1. The highest BCUT2D eigenvalue weighted by molar-refractivity contribution is 5.92. The highest BCUT2D eigenvalue weighted by Crippen LogP contribution is 2.23. The average molecular weight is 363 g/mol. The summed E-state index contributed by atoms with van der Waals surface area (Å²) >= 11 is 0. The Bertz CT molecular complexity index is 799. The van der Waals surface area contributed by atoms with E-state index < -0.39 is 6.36 Å². The summed E-state index contributed by atoms with van der Waals surface area (Å²) in [4.78, 5) is 13.8. The van der Waals surface area contributed by atoms with Crippen LogP contribution >= 0.6 is 0 Å². The first-order valence-corrected chi connectivity index (χ1v) is 7.59. The molecule has 0 unspecified atom stereocenters. The van der Waals surface area contributed by atoms with Crippen molar-refractivity contribution in [3.8, 4) is 11.8 Å². The summed E-state index contributed by atoms with van der Waals surface area (Å²) in [5, 5.41) is 11.7. The molecule has 0 saturated heterocycles. The Morgan fingerprint density at radius 3 is 2.46 bits per heavy atom. The minimum atomic E-state index is -4.76. The summed E-state index contributed by atoms with van der Waals surface area (Å²) in [7, 11) is 1.73. The molecule has 1 N–H and O–H groups in total. The van der Waals surface area contributed by atoms with Gasteiger partial charge in [-0.3, -0.25) is 9.69 Å². The van der Waals surface area contributed by atoms with E-state index in [9.17, 15) is 18.0 Å². The first-order valence-electron chi connectivity index (χ1n) is 7.59. The third-order valence-electron chi connectivity index (χ3n) is 3.36. The zero-order chi connectivity index (χ0) is 19.2. The van der Waals surface area contributed by atoms with Gasteiger partial charge in [-0.1, -0.05) is 18.2 Å². The Balaban J connectivity index is 1.89. The number of likely N-dealkylation sites (N-methyl/N-ethyl adjacent to an activating group) is 1. The molecule has 0 aromatic heterocycles. The summed E-state index contributed by atoms with van der Waals surface area (Å²) in [5.41, 5.74) is 1.70. The first-order chi connectivity index (χ1) is 12.3. The standard InChI is InChI=1S/C18H16F3N3O2/c1-24(11-14-5-3-2-4-13(14)10-22)12-17(25)23-15-6-8-16(9-7-15)26-18(19,20)21/h2-9H,11-12H2,1H3,(H,23,25). The molecule has 0 atom stereocenters. The van der Waals surface area contributed by atoms with E-state index in [1.54, 1.807) is 24.1 Å². The van der Waals surface area contributed by atoms with Crippen molar-refractivity contribution in [1.82, 2.24) is 4.90 Å². The van der Waals surface area contributed by atoms with E-state index in [1.807, 2.05) is 12.1 Å². The summed E-state index contributed by atoms with van der Waals surface area (Å²) in [6.45, 7) is 0.468. The Hall–Kier alpha value is -3.05. The van der Waals surface area contributed by atoms with Gasteiger partial charge in [0.2, 0.25) is 5.91 Å². The van der Waals surface area contributed by atoms with Crippen LogP contribution in [0, 0.1) is 11.3 Å². The molecular formula is C18H16F3N3O2. The predicted molar refractivity (Wildman–Crippen MR) is 89.2 cm³/mol. The smallest absolute Gasteiger partial charge is 0.406 e. The van der Waals surface area contributed by atoms with E-state index in [-0.39, 0.29) is 18.2 Å². The molecule has 0 aliphatic heterocycles. The van der Waals surface area contributed by atoms with E-state index in [1.165, 1.54) is 12.1 Å². The fourth-order valence-corrected chi connectivity index (χ4v) is 2.30. The number of hydrogen-bond acceptors (Lipinski definition) is 4. The van der Waals surface area contributed by atoms with Crippen LogP contribution in [0.3, 0.4) is 0 Å². The number of ether oxygens (including phenoxy) is 1. The van der Waals surface area contributed by atoms with Crippen LogP contribution in [0.25, 0.3) is 0 Å². The molecule has 136 valence electrons. The quantitative estimate of drug-likeness (QED) is 0.853. The van der Waals surface area contributed by atoms with Gasteiger partial charge in [0.1, 0.15) is 5.75 Å². The predicted octanol–water partition coefficient (Wildman–Crippen LogP) is 3.53. The molecule has 0 aliphatic carbocycles. The van der Waals surface area contributed by atoms with Gasteiger partial charge >= 0.3 is 6.36 Å². The number of rotatable bonds is 6. The number of halogens is 3. The van der Waals surface area contributed by atoms with Gasteiger partial charge in [-0.05, 0) is 42.9 Å². The van der Waals surface area contributed by atoms with Crippen molar-refractivity contribution in [2.24, 2.45) is 0 Å². The minimum absolute atomic E-state index is 0.0561. The van der Waals surface area contributed by atoms with Gasteiger partial charge in [0.25, 0.3) is 0 Å². The van der Waals surface area contributed by atoms with Crippen molar-refractivity contribution in [1.29, 1.82) is 5.26 Å². The zero-order valence-electron chi connectivity index (χ0n) is 13.9. The molecule has 0 heterocycles. The minimum Gasteiger partial charge on any atom is -0.406 e. The number of anilines is 1. The summed E-state index contributed by atoms with van der Waals surface area (Å²) in [6, 6.07) is 14.1. The fourth-order valence-electron chi connectivity index (χ4n) is 2.30. The second-order valence-corrected chi connectivity index (χ2v) is 5.56. The molecule has 0 saturated carbocycles. The van der Waals surface area contributed by atoms with Crippen molar-refractivity contribution < 1.29 is 22.7 Å².